The number of aliphatic hydroxyl groups is 1. The second kappa shape index (κ2) is 7.78. The van der Waals surface area contributed by atoms with Crippen molar-refractivity contribution < 1.29 is 14.3 Å². The molecule has 0 aromatic heterocycles. The van der Waals surface area contributed by atoms with Gasteiger partial charge in [-0.3, -0.25) is 0 Å². The van der Waals surface area contributed by atoms with Gasteiger partial charge in [0.2, 0.25) is 0 Å². The van der Waals surface area contributed by atoms with Crippen LogP contribution in [0.2, 0.25) is 0 Å². The van der Waals surface area contributed by atoms with Gasteiger partial charge in [0, 0.05) is 18.7 Å². The van der Waals surface area contributed by atoms with Gasteiger partial charge in [0.05, 0.1) is 6.10 Å². The van der Waals surface area contributed by atoms with Crippen molar-refractivity contribution in [3.8, 4) is 0 Å². The normalized spacial score (nSPS) is 19.0. The fourth-order valence-electron chi connectivity index (χ4n) is 2.39. The van der Waals surface area contributed by atoms with Gasteiger partial charge in [-0.1, -0.05) is 30.4 Å². The molecule has 114 valence electrons. The highest BCUT2D eigenvalue weighted by molar-refractivity contribution is 5.73. The lowest BCUT2D eigenvalue weighted by Gasteiger charge is -2.19. The van der Waals surface area contributed by atoms with Crippen molar-refractivity contribution >= 4 is 6.03 Å². The zero-order valence-corrected chi connectivity index (χ0v) is 11.9. The topological polar surface area (TPSA) is 61.4 Å². The van der Waals surface area contributed by atoms with Crippen molar-refractivity contribution in [1.82, 2.24) is 10.6 Å². The first kappa shape index (κ1) is 15.5. The molecule has 2 unspecified atom stereocenters. The van der Waals surface area contributed by atoms with Crippen LogP contribution in [0.15, 0.2) is 36.4 Å². The van der Waals surface area contributed by atoms with Crippen LogP contribution >= 0.6 is 0 Å². The molecule has 0 radical (unpaired) electrons. The van der Waals surface area contributed by atoms with E-state index < -0.39 is 11.9 Å². The SMILES string of the molecule is O=C(NCC1CC=CCC1)NCC(O)c1ccccc1F. The monoisotopic (exact) mass is 292 g/mol. The summed E-state index contributed by atoms with van der Waals surface area (Å²) in [5.74, 6) is -0.00144. The van der Waals surface area contributed by atoms with Gasteiger partial charge in [-0.2, -0.15) is 0 Å². The van der Waals surface area contributed by atoms with E-state index in [1.54, 1.807) is 12.1 Å². The van der Waals surface area contributed by atoms with E-state index in [1.807, 2.05) is 0 Å². The Labute approximate surface area is 124 Å². The Morgan fingerprint density at radius 1 is 1.33 bits per heavy atom. The minimum absolute atomic E-state index is 0.0165. The molecule has 1 aliphatic carbocycles. The molecule has 1 aromatic rings. The standard InChI is InChI=1S/C16H21FN2O2/c17-14-9-5-4-8-13(14)15(20)11-19-16(21)18-10-12-6-2-1-3-7-12/h1-2,4-5,8-9,12,15,20H,3,6-7,10-11H2,(H2,18,19,21). The fraction of sp³-hybridized carbons (Fsp3) is 0.438. The summed E-state index contributed by atoms with van der Waals surface area (Å²) < 4.78 is 13.5. The molecule has 1 aliphatic rings. The second-order valence-electron chi connectivity index (χ2n) is 5.28. The average Bonchev–Trinajstić information content (AvgIpc) is 2.52. The molecule has 3 N–H and O–H groups in total. The summed E-state index contributed by atoms with van der Waals surface area (Å²) in [6.07, 6.45) is 6.36. The maximum atomic E-state index is 13.5. The molecule has 4 nitrogen and oxygen atoms in total. The third-order valence-electron chi connectivity index (χ3n) is 3.65. The lowest BCUT2D eigenvalue weighted by atomic mass is 9.94. The highest BCUT2D eigenvalue weighted by atomic mass is 19.1. The Morgan fingerprint density at radius 2 is 2.14 bits per heavy atom. The molecule has 5 heteroatoms. The Hall–Kier alpha value is -1.88. The van der Waals surface area contributed by atoms with Crippen molar-refractivity contribution in [2.75, 3.05) is 13.1 Å². The molecule has 0 spiro atoms. The van der Waals surface area contributed by atoms with Crippen molar-refractivity contribution in [1.29, 1.82) is 0 Å². The van der Waals surface area contributed by atoms with E-state index in [2.05, 4.69) is 22.8 Å². The van der Waals surface area contributed by atoms with Gasteiger partial charge in [0.25, 0.3) is 0 Å². The summed E-state index contributed by atoms with van der Waals surface area (Å²) in [5, 5.41) is 15.2. The van der Waals surface area contributed by atoms with Gasteiger partial charge >= 0.3 is 6.03 Å². The van der Waals surface area contributed by atoms with Crippen LogP contribution in [-0.4, -0.2) is 24.2 Å². The molecule has 0 bridgehead atoms. The van der Waals surface area contributed by atoms with Gasteiger partial charge in [0.1, 0.15) is 5.82 Å². The lowest BCUT2D eigenvalue weighted by Crippen LogP contribution is -2.40. The third kappa shape index (κ3) is 4.86. The van der Waals surface area contributed by atoms with Gasteiger partial charge < -0.3 is 15.7 Å². The maximum absolute atomic E-state index is 13.5. The minimum atomic E-state index is -1.05. The number of rotatable bonds is 5. The highest BCUT2D eigenvalue weighted by Gasteiger charge is 2.14. The number of benzene rings is 1. The fourth-order valence-corrected chi connectivity index (χ4v) is 2.39. The molecule has 21 heavy (non-hydrogen) atoms. The summed E-state index contributed by atoms with van der Waals surface area (Å²) >= 11 is 0. The summed E-state index contributed by atoms with van der Waals surface area (Å²) in [4.78, 5) is 11.7. The molecule has 0 fully saturated rings. The number of halogens is 1. The van der Waals surface area contributed by atoms with E-state index in [0.29, 0.717) is 12.5 Å². The number of aliphatic hydroxyl groups excluding tert-OH is 1. The summed E-state index contributed by atoms with van der Waals surface area (Å²) in [5.41, 5.74) is 0.190. The maximum Gasteiger partial charge on any atom is 0.314 e. The van der Waals surface area contributed by atoms with Crippen molar-refractivity contribution in [3.05, 3.63) is 47.8 Å². The van der Waals surface area contributed by atoms with E-state index in [4.69, 9.17) is 0 Å². The Bertz CT molecular complexity index is 505. The molecule has 0 saturated carbocycles. The number of hydrogen-bond acceptors (Lipinski definition) is 2. The molecule has 0 aliphatic heterocycles. The first-order valence-electron chi connectivity index (χ1n) is 7.26. The van der Waals surface area contributed by atoms with E-state index in [0.717, 1.165) is 19.3 Å². The molecular weight excluding hydrogens is 271 g/mol. The Kier molecular flexibility index (Phi) is 5.75. The van der Waals surface area contributed by atoms with Gasteiger partial charge in [-0.25, -0.2) is 9.18 Å². The van der Waals surface area contributed by atoms with E-state index in [-0.39, 0.29) is 18.1 Å². The molecule has 2 atom stereocenters. The molecule has 1 aromatic carbocycles. The van der Waals surface area contributed by atoms with Crippen LogP contribution in [0.3, 0.4) is 0 Å². The zero-order chi connectivity index (χ0) is 15.1. The smallest absolute Gasteiger partial charge is 0.314 e. The number of allylic oxidation sites excluding steroid dienone is 2. The Morgan fingerprint density at radius 3 is 2.86 bits per heavy atom. The van der Waals surface area contributed by atoms with Crippen LogP contribution in [0.25, 0.3) is 0 Å². The second-order valence-corrected chi connectivity index (χ2v) is 5.28. The average molecular weight is 292 g/mol. The van der Waals surface area contributed by atoms with Crippen LogP contribution in [-0.2, 0) is 0 Å². The van der Waals surface area contributed by atoms with E-state index in [1.165, 1.54) is 12.1 Å². The Balaban J connectivity index is 1.71. The van der Waals surface area contributed by atoms with Crippen molar-refractivity contribution in [2.45, 2.75) is 25.4 Å². The lowest BCUT2D eigenvalue weighted by molar-refractivity contribution is 0.168. The number of carbonyl (C=O) groups excluding carboxylic acids is 1. The number of hydrogen-bond donors (Lipinski definition) is 3. The minimum Gasteiger partial charge on any atom is -0.386 e. The quantitative estimate of drug-likeness (QED) is 0.730. The van der Waals surface area contributed by atoms with E-state index >= 15 is 0 Å². The summed E-state index contributed by atoms with van der Waals surface area (Å²) in [6, 6.07) is 5.67. The first-order valence-corrected chi connectivity index (χ1v) is 7.26. The number of nitrogens with one attached hydrogen (secondary N) is 2. The third-order valence-corrected chi connectivity index (χ3v) is 3.65. The molecule has 2 amide bonds. The molecular formula is C16H21FN2O2. The van der Waals surface area contributed by atoms with Crippen molar-refractivity contribution in [2.24, 2.45) is 5.92 Å². The number of amides is 2. The largest absolute Gasteiger partial charge is 0.386 e. The number of urea groups is 1. The summed E-state index contributed by atoms with van der Waals surface area (Å²) in [6.45, 7) is 0.600. The molecule has 2 rings (SSSR count). The highest BCUT2D eigenvalue weighted by Crippen LogP contribution is 2.17. The first-order chi connectivity index (χ1) is 10.2. The molecule has 0 heterocycles. The number of carbonyl (C=O) groups is 1. The van der Waals surface area contributed by atoms with Crippen molar-refractivity contribution in [3.63, 3.8) is 0 Å². The predicted molar refractivity (Wildman–Crippen MR) is 79.2 cm³/mol. The van der Waals surface area contributed by atoms with Crippen LogP contribution in [0.1, 0.15) is 30.9 Å². The van der Waals surface area contributed by atoms with Crippen LogP contribution in [0.5, 0.6) is 0 Å². The zero-order valence-electron chi connectivity index (χ0n) is 11.9. The van der Waals surface area contributed by atoms with E-state index in [9.17, 15) is 14.3 Å². The van der Waals surface area contributed by atoms with Crippen LogP contribution in [0, 0.1) is 11.7 Å². The predicted octanol–water partition coefficient (Wildman–Crippen LogP) is 2.51. The van der Waals surface area contributed by atoms with Crippen LogP contribution < -0.4 is 10.6 Å². The van der Waals surface area contributed by atoms with Gasteiger partial charge in [-0.15, -0.1) is 0 Å². The van der Waals surface area contributed by atoms with Crippen LogP contribution in [0.4, 0.5) is 9.18 Å². The van der Waals surface area contributed by atoms with Gasteiger partial charge in [-0.05, 0) is 31.2 Å². The molecule has 0 saturated heterocycles. The van der Waals surface area contributed by atoms with Gasteiger partial charge in [0.15, 0.2) is 0 Å². The summed E-state index contributed by atoms with van der Waals surface area (Å²) in [7, 11) is 0.